The van der Waals surface area contributed by atoms with E-state index in [1.54, 1.807) is 25.1 Å². The van der Waals surface area contributed by atoms with Gasteiger partial charge in [-0.2, -0.15) is 0 Å². The summed E-state index contributed by atoms with van der Waals surface area (Å²) < 4.78 is 0. The fourth-order valence-electron chi connectivity index (χ4n) is 1.84. The average molecular weight is 283 g/mol. The number of hydrogen-bond donors (Lipinski definition) is 1. The fourth-order valence-corrected chi connectivity index (χ4v) is 2.06. The third-order valence-electron chi connectivity index (χ3n) is 2.87. The van der Waals surface area contributed by atoms with Gasteiger partial charge in [0.2, 0.25) is 5.78 Å². The topological polar surface area (TPSA) is 71.4 Å². The molecule has 0 aliphatic rings. The van der Waals surface area contributed by atoms with Gasteiger partial charge >= 0.3 is 5.97 Å². The van der Waals surface area contributed by atoms with E-state index in [4.69, 9.17) is 16.7 Å². The molecule has 5 heteroatoms. The van der Waals surface area contributed by atoms with Crippen molar-refractivity contribution in [2.24, 2.45) is 5.92 Å². The molecular formula is C14H15ClO4. The van der Waals surface area contributed by atoms with E-state index in [-0.39, 0.29) is 18.6 Å². The van der Waals surface area contributed by atoms with Crippen LogP contribution in [-0.4, -0.2) is 22.6 Å². The van der Waals surface area contributed by atoms with Crippen LogP contribution in [0.25, 0.3) is 0 Å². The number of Topliss-reactive ketones (excluding diaryl/α,β-unsaturated/α-hetero) is 2. The molecule has 0 aliphatic carbocycles. The van der Waals surface area contributed by atoms with Crippen LogP contribution < -0.4 is 0 Å². The van der Waals surface area contributed by atoms with Gasteiger partial charge in [-0.1, -0.05) is 30.7 Å². The van der Waals surface area contributed by atoms with Gasteiger partial charge in [0.1, 0.15) is 5.78 Å². The minimum absolute atomic E-state index is 0.137. The number of rotatable bonds is 7. The molecule has 0 heterocycles. The van der Waals surface area contributed by atoms with Crippen LogP contribution in [0.4, 0.5) is 0 Å². The Labute approximate surface area is 116 Å². The lowest BCUT2D eigenvalue weighted by Crippen LogP contribution is -2.29. The van der Waals surface area contributed by atoms with Crippen LogP contribution in [0.2, 0.25) is 5.02 Å². The molecule has 0 spiro atoms. The van der Waals surface area contributed by atoms with Crippen molar-refractivity contribution in [2.75, 3.05) is 0 Å². The van der Waals surface area contributed by atoms with E-state index in [1.807, 2.05) is 6.07 Å². The molecule has 1 unspecified atom stereocenters. The van der Waals surface area contributed by atoms with Gasteiger partial charge in [0.05, 0.1) is 5.92 Å². The maximum absolute atomic E-state index is 11.9. The molecule has 1 N–H and O–H groups in total. The quantitative estimate of drug-likeness (QED) is 0.616. The first kappa shape index (κ1) is 15.4. The predicted octanol–water partition coefficient (Wildman–Crippen LogP) is 2.52. The smallest absolute Gasteiger partial charge is 0.372 e. The van der Waals surface area contributed by atoms with Gasteiger partial charge in [-0.15, -0.1) is 0 Å². The summed E-state index contributed by atoms with van der Waals surface area (Å²) in [5.74, 6) is -3.96. The number of carboxylic acids is 1. The number of ketones is 2. The zero-order valence-corrected chi connectivity index (χ0v) is 11.3. The van der Waals surface area contributed by atoms with Crippen molar-refractivity contribution in [3.05, 3.63) is 34.9 Å². The molecule has 0 bridgehead atoms. The minimum atomic E-state index is -1.55. The Bertz CT molecular complexity index is 496. The largest absolute Gasteiger partial charge is 0.475 e. The molecule has 0 saturated carbocycles. The van der Waals surface area contributed by atoms with Gasteiger partial charge in [0, 0.05) is 11.4 Å². The summed E-state index contributed by atoms with van der Waals surface area (Å²) in [6, 6.07) is 7.09. The highest BCUT2D eigenvalue weighted by Crippen LogP contribution is 2.15. The van der Waals surface area contributed by atoms with E-state index in [0.29, 0.717) is 11.4 Å². The molecule has 0 saturated heterocycles. The molecule has 0 aromatic heterocycles. The molecule has 1 aromatic rings. The molecular weight excluding hydrogens is 268 g/mol. The number of carbonyl (C=O) groups excluding carboxylic acids is 2. The zero-order valence-electron chi connectivity index (χ0n) is 10.6. The highest BCUT2D eigenvalue weighted by molar-refractivity contribution is 6.37. The van der Waals surface area contributed by atoms with Crippen LogP contribution in [0.3, 0.4) is 0 Å². The third kappa shape index (κ3) is 4.48. The van der Waals surface area contributed by atoms with Crippen molar-refractivity contribution >= 4 is 29.1 Å². The lowest BCUT2D eigenvalue weighted by atomic mass is 9.92. The number of benzene rings is 1. The summed E-state index contributed by atoms with van der Waals surface area (Å²) in [4.78, 5) is 33.8. The van der Waals surface area contributed by atoms with Crippen LogP contribution in [-0.2, 0) is 20.8 Å². The Kier molecular flexibility index (Phi) is 5.70. The standard InChI is InChI=1S/C14H15ClO4/c1-2-11(13(17)14(18)19)12(16)7-6-9-4-3-5-10(15)8-9/h3-5,8,11H,2,6-7H2,1H3,(H,18,19). The van der Waals surface area contributed by atoms with Gasteiger partial charge in [-0.25, -0.2) is 4.79 Å². The Morgan fingerprint density at radius 3 is 2.53 bits per heavy atom. The van der Waals surface area contributed by atoms with Crippen LogP contribution in [0.5, 0.6) is 0 Å². The Morgan fingerprint density at radius 2 is 2.00 bits per heavy atom. The molecule has 19 heavy (non-hydrogen) atoms. The van der Waals surface area contributed by atoms with E-state index < -0.39 is 17.7 Å². The summed E-state index contributed by atoms with van der Waals surface area (Å²) in [6.07, 6.45) is 0.792. The number of aryl methyl sites for hydroxylation is 1. The van der Waals surface area contributed by atoms with Crippen molar-refractivity contribution in [3.8, 4) is 0 Å². The van der Waals surface area contributed by atoms with Crippen molar-refractivity contribution in [1.82, 2.24) is 0 Å². The van der Waals surface area contributed by atoms with Gasteiger partial charge < -0.3 is 5.11 Å². The van der Waals surface area contributed by atoms with Gasteiger partial charge in [-0.3, -0.25) is 9.59 Å². The SMILES string of the molecule is CCC(C(=O)CCc1cccc(Cl)c1)C(=O)C(=O)O. The van der Waals surface area contributed by atoms with E-state index in [9.17, 15) is 14.4 Å². The lowest BCUT2D eigenvalue weighted by Gasteiger charge is -2.09. The van der Waals surface area contributed by atoms with Crippen LogP contribution >= 0.6 is 11.6 Å². The molecule has 0 amide bonds. The summed E-state index contributed by atoms with van der Waals surface area (Å²) in [5.41, 5.74) is 0.887. The van der Waals surface area contributed by atoms with Gasteiger partial charge in [0.25, 0.3) is 0 Å². The summed E-state index contributed by atoms with van der Waals surface area (Å²) in [7, 11) is 0. The Balaban J connectivity index is 2.63. The number of halogens is 1. The molecule has 1 rings (SSSR count). The summed E-state index contributed by atoms with van der Waals surface area (Å²) in [5, 5.41) is 9.22. The molecule has 0 radical (unpaired) electrons. The highest BCUT2D eigenvalue weighted by Gasteiger charge is 2.29. The van der Waals surface area contributed by atoms with Crippen molar-refractivity contribution < 1.29 is 19.5 Å². The van der Waals surface area contributed by atoms with Crippen LogP contribution in [0.1, 0.15) is 25.3 Å². The maximum atomic E-state index is 11.9. The monoisotopic (exact) mass is 282 g/mol. The summed E-state index contributed by atoms with van der Waals surface area (Å²) >= 11 is 5.83. The van der Waals surface area contributed by atoms with Gasteiger partial charge in [0.15, 0.2) is 0 Å². The average Bonchev–Trinajstić information content (AvgIpc) is 2.37. The second-order valence-corrected chi connectivity index (χ2v) is 4.66. The van der Waals surface area contributed by atoms with Gasteiger partial charge in [-0.05, 0) is 30.5 Å². The molecule has 4 nitrogen and oxygen atoms in total. The Hall–Kier alpha value is -1.68. The minimum Gasteiger partial charge on any atom is -0.475 e. The zero-order chi connectivity index (χ0) is 14.4. The lowest BCUT2D eigenvalue weighted by molar-refractivity contribution is -0.153. The number of aliphatic carboxylic acids is 1. The molecule has 0 fully saturated rings. The molecule has 1 atom stereocenters. The van der Waals surface area contributed by atoms with Crippen LogP contribution in [0, 0.1) is 5.92 Å². The summed E-state index contributed by atoms with van der Waals surface area (Å²) in [6.45, 7) is 1.63. The first-order valence-corrected chi connectivity index (χ1v) is 6.37. The predicted molar refractivity (Wildman–Crippen MR) is 71.2 cm³/mol. The van der Waals surface area contributed by atoms with Crippen molar-refractivity contribution in [2.45, 2.75) is 26.2 Å². The molecule has 102 valence electrons. The van der Waals surface area contributed by atoms with Crippen LogP contribution in [0.15, 0.2) is 24.3 Å². The van der Waals surface area contributed by atoms with E-state index >= 15 is 0 Å². The third-order valence-corrected chi connectivity index (χ3v) is 3.11. The van der Waals surface area contributed by atoms with Crippen molar-refractivity contribution in [3.63, 3.8) is 0 Å². The number of hydrogen-bond acceptors (Lipinski definition) is 3. The second-order valence-electron chi connectivity index (χ2n) is 4.23. The molecule has 0 aliphatic heterocycles. The first-order valence-electron chi connectivity index (χ1n) is 6.00. The normalized spacial score (nSPS) is 11.9. The van der Waals surface area contributed by atoms with E-state index in [0.717, 1.165) is 5.56 Å². The first-order chi connectivity index (χ1) is 8.95. The van der Waals surface area contributed by atoms with Crippen molar-refractivity contribution in [1.29, 1.82) is 0 Å². The number of carbonyl (C=O) groups is 3. The number of carboxylic acid groups (broad SMARTS) is 1. The van der Waals surface area contributed by atoms with E-state index in [2.05, 4.69) is 0 Å². The molecule has 1 aromatic carbocycles. The fraction of sp³-hybridized carbons (Fsp3) is 0.357. The second kappa shape index (κ2) is 7.04. The van der Waals surface area contributed by atoms with E-state index in [1.165, 1.54) is 0 Å². The maximum Gasteiger partial charge on any atom is 0.372 e. The highest BCUT2D eigenvalue weighted by atomic mass is 35.5. The Morgan fingerprint density at radius 1 is 1.32 bits per heavy atom.